The van der Waals surface area contributed by atoms with Crippen molar-refractivity contribution < 1.29 is 9.53 Å². The van der Waals surface area contributed by atoms with Gasteiger partial charge in [-0.25, -0.2) is 4.98 Å². The molecular weight excluding hydrogens is 340 g/mol. The second-order valence-electron chi connectivity index (χ2n) is 6.63. The van der Waals surface area contributed by atoms with Crippen molar-refractivity contribution in [3.8, 4) is 0 Å². The molecule has 1 aromatic heterocycles. The van der Waals surface area contributed by atoms with Crippen LogP contribution in [0.15, 0.2) is 54.7 Å². The molecule has 1 aliphatic rings. The van der Waals surface area contributed by atoms with Crippen LogP contribution < -0.4 is 4.90 Å². The van der Waals surface area contributed by atoms with Crippen LogP contribution in [0.5, 0.6) is 0 Å². The average molecular weight is 362 g/mol. The Kier molecular flexibility index (Phi) is 4.98. The van der Waals surface area contributed by atoms with Gasteiger partial charge in [0.25, 0.3) is 5.91 Å². The van der Waals surface area contributed by atoms with Crippen LogP contribution in [-0.2, 0) is 11.3 Å². The van der Waals surface area contributed by atoms with Gasteiger partial charge in [0.2, 0.25) is 0 Å². The van der Waals surface area contributed by atoms with E-state index in [2.05, 4.69) is 27.0 Å². The second kappa shape index (κ2) is 7.72. The molecule has 3 aromatic rings. The first-order valence-electron chi connectivity index (χ1n) is 9.10. The molecule has 4 rings (SSSR count). The number of carbonyl (C=O) groups is 1. The fourth-order valence-electron chi connectivity index (χ4n) is 3.34. The maximum atomic E-state index is 12.9. The predicted molar refractivity (Wildman–Crippen MR) is 105 cm³/mol. The zero-order valence-corrected chi connectivity index (χ0v) is 15.3. The summed E-state index contributed by atoms with van der Waals surface area (Å²) in [5.41, 5.74) is 4.15. The summed E-state index contributed by atoms with van der Waals surface area (Å²) >= 11 is 0. The minimum atomic E-state index is -0.134. The van der Waals surface area contributed by atoms with Crippen molar-refractivity contribution in [2.75, 3.05) is 38.3 Å². The van der Waals surface area contributed by atoms with Crippen LogP contribution in [-0.4, -0.2) is 54.1 Å². The van der Waals surface area contributed by atoms with Gasteiger partial charge in [-0.05, 0) is 23.8 Å². The lowest BCUT2D eigenvalue weighted by Gasteiger charge is -2.31. The molecule has 138 valence electrons. The number of carbonyl (C=O) groups excluding carboxylic acids is 1. The number of para-hydroxylation sites is 3. The van der Waals surface area contributed by atoms with Crippen molar-refractivity contribution >= 4 is 22.6 Å². The molecule has 6 heteroatoms. The Morgan fingerprint density at radius 3 is 2.59 bits per heavy atom. The van der Waals surface area contributed by atoms with Gasteiger partial charge >= 0.3 is 0 Å². The van der Waals surface area contributed by atoms with Gasteiger partial charge in [0.1, 0.15) is 5.69 Å². The first kappa shape index (κ1) is 17.4. The van der Waals surface area contributed by atoms with Gasteiger partial charge in [-0.2, -0.15) is 0 Å². The third kappa shape index (κ3) is 3.75. The SMILES string of the molecule is CN(Cc1ccccc1N1CCOCC1)C(=O)c1cnc2ccccc2n1. The van der Waals surface area contributed by atoms with Crippen LogP contribution in [0.4, 0.5) is 5.69 Å². The summed E-state index contributed by atoms with van der Waals surface area (Å²) in [4.78, 5) is 25.7. The highest BCUT2D eigenvalue weighted by Crippen LogP contribution is 2.23. The smallest absolute Gasteiger partial charge is 0.274 e. The van der Waals surface area contributed by atoms with Crippen molar-refractivity contribution in [2.45, 2.75) is 6.54 Å². The van der Waals surface area contributed by atoms with E-state index in [9.17, 15) is 4.79 Å². The molecule has 0 atom stereocenters. The minimum Gasteiger partial charge on any atom is -0.378 e. The molecule has 1 saturated heterocycles. The summed E-state index contributed by atoms with van der Waals surface area (Å²) < 4.78 is 5.45. The van der Waals surface area contributed by atoms with Gasteiger partial charge in [0.05, 0.1) is 30.4 Å². The molecule has 1 amide bonds. The Hall–Kier alpha value is -2.99. The summed E-state index contributed by atoms with van der Waals surface area (Å²) in [6.07, 6.45) is 1.55. The zero-order chi connectivity index (χ0) is 18.6. The molecule has 1 fully saturated rings. The number of fused-ring (bicyclic) bond motifs is 1. The quantitative estimate of drug-likeness (QED) is 0.714. The number of morpholine rings is 1. The minimum absolute atomic E-state index is 0.134. The first-order valence-corrected chi connectivity index (χ1v) is 9.10. The van der Waals surface area contributed by atoms with E-state index in [4.69, 9.17) is 4.74 Å². The number of aromatic nitrogens is 2. The van der Waals surface area contributed by atoms with E-state index in [-0.39, 0.29) is 5.91 Å². The fraction of sp³-hybridized carbons (Fsp3) is 0.286. The molecule has 27 heavy (non-hydrogen) atoms. The van der Waals surface area contributed by atoms with Crippen molar-refractivity contribution in [1.82, 2.24) is 14.9 Å². The van der Waals surface area contributed by atoms with Crippen LogP contribution in [0.2, 0.25) is 0 Å². The number of nitrogens with zero attached hydrogens (tertiary/aromatic N) is 4. The monoisotopic (exact) mass is 362 g/mol. The lowest BCUT2D eigenvalue weighted by molar-refractivity contribution is 0.0779. The topological polar surface area (TPSA) is 58.6 Å². The molecule has 2 aromatic carbocycles. The average Bonchev–Trinajstić information content (AvgIpc) is 2.74. The summed E-state index contributed by atoms with van der Waals surface area (Å²) in [7, 11) is 1.80. The summed E-state index contributed by atoms with van der Waals surface area (Å²) in [5, 5.41) is 0. The molecule has 0 aliphatic carbocycles. The summed E-state index contributed by atoms with van der Waals surface area (Å²) in [6, 6.07) is 15.8. The Balaban J connectivity index is 1.54. The lowest BCUT2D eigenvalue weighted by Crippen LogP contribution is -2.37. The van der Waals surface area contributed by atoms with Gasteiger partial charge in [0.15, 0.2) is 0 Å². The summed E-state index contributed by atoms with van der Waals surface area (Å²) in [6.45, 7) is 3.71. The largest absolute Gasteiger partial charge is 0.378 e. The highest BCUT2D eigenvalue weighted by molar-refractivity contribution is 5.93. The highest BCUT2D eigenvalue weighted by Gasteiger charge is 2.19. The number of anilines is 1. The molecule has 0 N–H and O–H groups in total. The van der Waals surface area contributed by atoms with Crippen LogP contribution in [0.25, 0.3) is 11.0 Å². The Morgan fingerprint density at radius 2 is 1.78 bits per heavy atom. The van der Waals surface area contributed by atoms with Gasteiger partial charge in [0, 0.05) is 32.4 Å². The third-order valence-corrected chi connectivity index (χ3v) is 4.77. The molecule has 0 radical (unpaired) electrons. The van der Waals surface area contributed by atoms with Gasteiger partial charge in [-0.1, -0.05) is 30.3 Å². The van der Waals surface area contributed by atoms with E-state index in [1.165, 1.54) is 0 Å². The van der Waals surface area contributed by atoms with Gasteiger partial charge in [-0.3, -0.25) is 9.78 Å². The highest BCUT2D eigenvalue weighted by atomic mass is 16.5. The fourth-order valence-corrected chi connectivity index (χ4v) is 3.34. The molecule has 2 heterocycles. The molecule has 0 saturated carbocycles. The lowest BCUT2D eigenvalue weighted by atomic mass is 10.1. The summed E-state index contributed by atoms with van der Waals surface area (Å²) in [5.74, 6) is -0.134. The van der Waals surface area contributed by atoms with Crippen molar-refractivity contribution in [3.63, 3.8) is 0 Å². The van der Waals surface area contributed by atoms with Crippen LogP contribution in [0.1, 0.15) is 16.1 Å². The van der Waals surface area contributed by atoms with Crippen molar-refractivity contribution in [2.24, 2.45) is 0 Å². The number of hydrogen-bond acceptors (Lipinski definition) is 5. The number of rotatable bonds is 4. The van der Waals surface area contributed by atoms with Crippen LogP contribution in [0.3, 0.4) is 0 Å². The Labute approximate surface area is 158 Å². The maximum Gasteiger partial charge on any atom is 0.274 e. The van der Waals surface area contributed by atoms with E-state index in [1.807, 2.05) is 36.4 Å². The molecule has 0 spiro atoms. The van der Waals surface area contributed by atoms with Gasteiger partial charge < -0.3 is 14.5 Å². The maximum absolute atomic E-state index is 12.9. The van der Waals surface area contributed by atoms with E-state index < -0.39 is 0 Å². The third-order valence-electron chi connectivity index (χ3n) is 4.77. The van der Waals surface area contributed by atoms with E-state index >= 15 is 0 Å². The predicted octanol–water partition coefficient (Wildman–Crippen LogP) is 2.74. The van der Waals surface area contributed by atoms with Crippen LogP contribution in [0, 0.1) is 0 Å². The Bertz CT molecular complexity index is 954. The van der Waals surface area contributed by atoms with E-state index in [0.29, 0.717) is 12.2 Å². The van der Waals surface area contributed by atoms with Crippen molar-refractivity contribution in [1.29, 1.82) is 0 Å². The van der Waals surface area contributed by atoms with E-state index in [1.54, 1.807) is 18.1 Å². The number of amides is 1. The molecule has 0 unspecified atom stereocenters. The number of hydrogen-bond donors (Lipinski definition) is 0. The Morgan fingerprint density at radius 1 is 1.07 bits per heavy atom. The standard InChI is InChI=1S/C21H22N4O2/c1-24(21(26)19-14-22-17-7-3-4-8-18(17)23-19)15-16-6-2-5-9-20(16)25-10-12-27-13-11-25/h2-9,14H,10-13,15H2,1H3. The molecular formula is C21H22N4O2. The van der Waals surface area contributed by atoms with E-state index in [0.717, 1.165) is 48.6 Å². The molecule has 6 nitrogen and oxygen atoms in total. The van der Waals surface area contributed by atoms with Gasteiger partial charge in [-0.15, -0.1) is 0 Å². The number of ether oxygens (including phenoxy) is 1. The molecule has 0 bridgehead atoms. The zero-order valence-electron chi connectivity index (χ0n) is 15.3. The first-order chi connectivity index (χ1) is 13.2. The number of benzene rings is 2. The normalized spacial score (nSPS) is 14.3. The molecule has 1 aliphatic heterocycles. The van der Waals surface area contributed by atoms with Crippen LogP contribution >= 0.6 is 0 Å². The van der Waals surface area contributed by atoms with Crippen molar-refractivity contribution in [3.05, 3.63) is 66.0 Å². The second-order valence-corrected chi connectivity index (χ2v) is 6.63.